The second-order valence-corrected chi connectivity index (χ2v) is 5.53. The van der Waals surface area contributed by atoms with E-state index >= 15 is 0 Å². The van der Waals surface area contributed by atoms with Crippen LogP contribution in [0.15, 0.2) is 64.8 Å². The van der Waals surface area contributed by atoms with Crippen LogP contribution < -0.4 is 9.54 Å². The number of carbonyl (C=O) groups is 1. The maximum Gasteiger partial charge on any atom is 0.301 e. The number of rotatable bonds is 3. The Balaban J connectivity index is 1.92. The van der Waals surface area contributed by atoms with Crippen molar-refractivity contribution in [3.05, 3.63) is 59.6 Å². The molecule has 1 aliphatic heterocycles. The van der Waals surface area contributed by atoms with Crippen molar-refractivity contribution >= 4 is 52.1 Å². The first-order chi connectivity index (χ1) is 11.1. The van der Waals surface area contributed by atoms with Crippen LogP contribution in [0.4, 0.5) is 11.4 Å². The lowest BCUT2D eigenvalue weighted by atomic mass is 10.2. The molecule has 0 radical (unpaired) electrons. The van der Waals surface area contributed by atoms with Crippen LogP contribution >= 0.6 is 23.4 Å². The first-order valence-electron chi connectivity index (χ1n) is 6.82. The molecule has 0 saturated carbocycles. The van der Waals surface area contributed by atoms with Gasteiger partial charge in [-0.1, -0.05) is 41.9 Å². The SMILES string of the molecule is CC1=NN(c2ccccc2Cl)C(=O)C1=NN(Cl)c1ccccc1. The van der Waals surface area contributed by atoms with Crippen molar-refractivity contribution in [2.24, 2.45) is 10.2 Å². The van der Waals surface area contributed by atoms with Crippen LogP contribution in [0.1, 0.15) is 6.92 Å². The summed E-state index contributed by atoms with van der Waals surface area (Å²) < 4.78 is 1.13. The van der Waals surface area contributed by atoms with Crippen molar-refractivity contribution in [1.29, 1.82) is 0 Å². The molecular formula is C16H12Cl2N4O. The molecule has 0 aliphatic carbocycles. The molecule has 0 bridgehead atoms. The van der Waals surface area contributed by atoms with Crippen LogP contribution in [0, 0.1) is 0 Å². The monoisotopic (exact) mass is 346 g/mol. The third kappa shape index (κ3) is 3.06. The van der Waals surface area contributed by atoms with Gasteiger partial charge in [-0.05, 0) is 31.2 Å². The summed E-state index contributed by atoms with van der Waals surface area (Å²) in [5, 5.41) is 10.1. The number of nitrogens with zero attached hydrogens (tertiary/aromatic N) is 4. The zero-order valence-electron chi connectivity index (χ0n) is 12.1. The molecule has 1 amide bonds. The largest absolute Gasteiger partial charge is 0.301 e. The Bertz CT molecular complexity index is 805. The molecule has 1 heterocycles. The minimum absolute atomic E-state index is 0.170. The first kappa shape index (κ1) is 15.5. The van der Waals surface area contributed by atoms with Gasteiger partial charge in [-0.25, -0.2) is 0 Å². The van der Waals surface area contributed by atoms with Crippen molar-refractivity contribution in [1.82, 2.24) is 0 Å². The summed E-state index contributed by atoms with van der Waals surface area (Å²) in [5.74, 6) is -0.378. The van der Waals surface area contributed by atoms with E-state index in [1.165, 1.54) is 5.01 Å². The van der Waals surface area contributed by atoms with Gasteiger partial charge >= 0.3 is 5.91 Å². The van der Waals surface area contributed by atoms with Gasteiger partial charge in [-0.3, -0.25) is 4.79 Å². The topological polar surface area (TPSA) is 48.3 Å². The number of hydrazone groups is 2. The van der Waals surface area contributed by atoms with Gasteiger partial charge in [0, 0.05) is 11.8 Å². The van der Waals surface area contributed by atoms with Gasteiger partial charge in [0.15, 0.2) is 5.71 Å². The average molecular weight is 347 g/mol. The lowest BCUT2D eigenvalue weighted by molar-refractivity contribution is -0.112. The minimum Gasteiger partial charge on any atom is -0.265 e. The van der Waals surface area contributed by atoms with E-state index in [2.05, 4.69) is 10.2 Å². The molecule has 0 spiro atoms. The Morgan fingerprint density at radius 2 is 1.74 bits per heavy atom. The fourth-order valence-corrected chi connectivity index (χ4v) is 2.50. The van der Waals surface area contributed by atoms with Gasteiger partial charge in [0.2, 0.25) is 0 Å². The summed E-state index contributed by atoms with van der Waals surface area (Å²) in [4.78, 5) is 12.6. The maximum atomic E-state index is 12.6. The predicted molar refractivity (Wildman–Crippen MR) is 94.3 cm³/mol. The molecule has 0 N–H and O–H groups in total. The van der Waals surface area contributed by atoms with E-state index in [0.717, 1.165) is 4.53 Å². The molecule has 0 atom stereocenters. The quantitative estimate of drug-likeness (QED) is 0.621. The van der Waals surface area contributed by atoms with E-state index in [4.69, 9.17) is 23.4 Å². The van der Waals surface area contributed by atoms with E-state index in [1.807, 2.05) is 18.2 Å². The molecule has 5 nitrogen and oxygen atoms in total. The molecule has 2 aromatic carbocycles. The normalized spacial score (nSPS) is 16.0. The summed E-state index contributed by atoms with van der Waals surface area (Å²) in [6, 6.07) is 16.1. The zero-order chi connectivity index (χ0) is 16.4. The zero-order valence-corrected chi connectivity index (χ0v) is 13.7. The second kappa shape index (κ2) is 6.40. The summed E-state index contributed by atoms with van der Waals surface area (Å²) in [6.45, 7) is 1.70. The standard InChI is InChI=1S/C16H12Cl2N4O/c1-11-15(20-22(18)12-7-3-2-4-8-12)16(23)21(19-11)14-10-6-5-9-13(14)17/h2-10H,1H3. The number of carbonyl (C=O) groups excluding carboxylic acids is 1. The highest BCUT2D eigenvalue weighted by Gasteiger charge is 2.32. The smallest absolute Gasteiger partial charge is 0.265 e. The van der Waals surface area contributed by atoms with E-state index in [9.17, 15) is 4.79 Å². The number of hydrogen-bond acceptors (Lipinski definition) is 4. The highest BCUT2D eigenvalue weighted by atomic mass is 35.5. The fraction of sp³-hybridized carbons (Fsp3) is 0.0625. The van der Waals surface area contributed by atoms with E-state index in [1.54, 1.807) is 43.3 Å². The Labute approximate surface area is 143 Å². The van der Waals surface area contributed by atoms with Crippen molar-refractivity contribution in [2.45, 2.75) is 6.92 Å². The Hall–Kier alpha value is -2.37. The Kier molecular flexibility index (Phi) is 4.32. The molecular weight excluding hydrogens is 335 g/mol. The third-order valence-corrected chi connectivity index (χ3v) is 3.82. The molecule has 0 saturated heterocycles. The van der Waals surface area contributed by atoms with Crippen LogP contribution in [0.2, 0.25) is 5.02 Å². The summed E-state index contributed by atoms with van der Waals surface area (Å²) in [6.07, 6.45) is 0. The molecule has 116 valence electrons. The molecule has 0 aromatic heterocycles. The fourth-order valence-electron chi connectivity index (χ4n) is 2.10. The number of anilines is 2. The van der Waals surface area contributed by atoms with Gasteiger partial charge in [-0.15, -0.1) is 5.10 Å². The first-order valence-corrected chi connectivity index (χ1v) is 7.53. The van der Waals surface area contributed by atoms with Gasteiger partial charge in [-0.2, -0.15) is 14.6 Å². The lowest BCUT2D eigenvalue weighted by Crippen LogP contribution is -2.28. The number of amides is 1. The van der Waals surface area contributed by atoms with Crippen LogP contribution in [0.25, 0.3) is 0 Å². The molecule has 1 aliphatic rings. The second-order valence-electron chi connectivity index (χ2n) is 4.80. The average Bonchev–Trinajstić information content (AvgIpc) is 2.84. The number of hydrogen-bond donors (Lipinski definition) is 0. The van der Waals surface area contributed by atoms with Crippen molar-refractivity contribution < 1.29 is 4.79 Å². The highest BCUT2D eigenvalue weighted by molar-refractivity contribution is 6.71. The maximum absolute atomic E-state index is 12.6. The molecule has 3 rings (SSSR count). The molecule has 2 aromatic rings. The van der Waals surface area contributed by atoms with Crippen LogP contribution in [0.5, 0.6) is 0 Å². The molecule has 0 unspecified atom stereocenters. The minimum atomic E-state index is -0.378. The van der Waals surface area contributed by atoms with Crippen LogP contribution in [0.3, 0.4) is 0 Å². The Morgan fingerprint density at radius 3 is 2.43 bits per heavy atom. The van der Waals surface area contributed by atoms with Crippen LogP contribution in [-0.2, 0) is 4.79 Å². The number of benzene rings is 2. The van der Waals surface area contributed by atoms with Crippen molar-refractivity contribution in [3.8, 4) is 0 Å². The van der Waals surface area contributed by atoms with E-state index in [-0.39, 0.29) is 11.6 Å². The number of halogens is 2. The predicted octanol–water partition coefficient (Wildman–Crippen LogP) is 4.08. The molecule has 23 heavy (non-hydrogen) atoms. The highest BCUT2D eigenvalue weighted by Crippen LogP contribution is 2.28. The van der Waals surface area contributed by atoms with Crippen molar-refractivity contribution in [3.63, 3.8) is 0 Å². The van der Waals surface area contributed by atoms with Gasteiger partial charge < -0.3 is 0 Å². The summed E-state index contributed by atoms with van der Waals surface area (Å²) in [5.41, 5.74) is 1.79. The summed E-state index contributed by atoms with van der Waals surface area (Å²) >= 11 is 12.3. The van der Waals surface area contributed by atoms with E-state index < -0.39 is 0 Å². The van der Waals surface area contributed by atoms with Gasteiger partial charge in [0.25, 0.3) is 0 Å². The Morgan fingerprint density at radius 1 is 1.09 bits per heavy atom. The van der Waals surface area contributed by atoms with Crippen molar-refractivity contribution in [2.75, 3.05) is 9.54 Å². The molecule has 0 fully saturated rings. The third-order valence-electron chi connectivity index (χ3n) is 3.23. The lowest BCUT2D eigenvalue weighted by Gasteiger charge is -2.13. The van der Waals surface area contributed by atoms with Gasteiger partial charge in [0.1, 0.15) is 0 Å². The summed E-state index contributed by atoms with van der Waals surface area (Å²) in [7, 11) is 0. The number of para-hydroxylation sites is 2. The van der Waals surface area contributed by atoms with Gasteiger partial charge in [0.05, 0.1) is 22.1 Å². The van der Waals surface area contributed by atoms with E-state index in [0.29, 0.717) is 22.1 Å². The van der Waals surface area contributed by atoms with Crippen LogP contribution in [-0.4, -0.2) is 17.3 Å². The molecule has 7 heteroatoms.